The Labute approximate surface area is 99.6 Å². The number of anilines is 1. The molecule has 0 aliphatic carbocycles. The molecule has 0 aliphatic heterocycles. The lowest BCUT2D eigenvalue weighted by Crippen LogP contribution is -2.14. The molecule has 0 unspecified atom stereocenters. The topological polar surface area (TPSA) is 72.0 Å². The molecule has 0 fully saturated rings. The van der Waals surface area contributed by atoms with Crippen molar-refractivity contribution in [3.05, 3.63) is 48.4 Å². The summed E-state index contributed by atoms with van der Waals surface area (Å²) in [5.74, 6) is 0.300. The first-order valence-electron chi connectivity index (χ1n) is 4.94. The molecule has 2 aromatic rings. The molecule has 0 radical (unpaired) electrons. The summed E-state index contributed by atoms with van der Waals surface area (Å²) in [6.07, 6.45) is 2.81. The second kappa shape index (κ2) is 4.50. The summed E-state index contributed by atoms with van der Waals surface area (Å²) in [7, 11) is -3.61. The van der Waals surface area contributed by atoms with Crippen molar-refractivity contribution in [2.24, 2.45) is 0 Å². The van der Waals surface area contributed by atoms with E-state index in [0.717, 1.165) is 5.69 Å². The van der Waals surface area contributed by atoms with Crippen LogP contribution in [0.2, 0.25) is 0 Å². The minimum atomic E-state index is -3.61. The van der Waals surface area contributed by atoms with Crippen molar-refractivity contribution in [3.8, 4) is 0 Å². The third kappa shape index (κ3) is 2.79. The molecule has 2 heterocycles. The smallest absolute Gasteiger partial charge is 0.263 e. The van der Waals surface area contributed by atoms with E-state index < -0.39 is 10.0 Å². The van der Waals surface area contributed by atoms with Crippen LogP contribution in [0.3, 0.4) is 0 Å². The highest BCUT2D eigenvalue weighted by Gasteiger charge is 2.14. The van der Waals surface area contributed by atoms with Gasteiger partial charge in [-0.15, -0.1) is 0 Å². The average molecular weight is 249 g/mol. The highest BCUT2D eigenvalue weighted by atomic mass is 32.2. The highest BCUT2D eigenvalue weighted by molar-refractivity contribution is 7.92. The number of hydrogen-bond acceptors (Lipinski definition) is 4. The fourth-order valence-corrected chi connectivity index (χ4v) is 2.27. The standard InChI is InChI=1S/C11H11N3O2S/c1-9-4-2-6-11(13-9)14-17(15,16)10-5-3-7-12-8-10/h2-8H,1H3,(H,13,14). The Bertz CT molecular complexity index is 612. The van der Waals surface area contributed by atoms with E-state index in [0.29, 0.717) is 5.82 Å². The van der Waals surface area contributed by atoms with Crippen LogP contribution < -0.4 is 4.72 Å². The van der Waals surface area contributed by atoms with E-state index in [9.17, 15) is 8.42 Å². The van der Waals surface area contributed by atoms with Gasteiger partial charge in [-0.25, -0.2) is 13.4 Å². The Balaban J connectivity index is 2.30. The fourth-order valence-electron chi connectivity index (χ4n) is 1.30. The number of sulfonamides is 1. The largest absolute Gasteiger partial charge is 0.264 e. The zero-order valence-corrected chi connectivity index (χ0v) is 9.98. The van der Waals surface area contributed by atoms with Gasteiger partial charge in [0.15, 0.2) is 0 Å². The number of pyridine rings is 2. The molecule has 0 spiro atoms. The Morgan fingerprint density at radius 1 is 1.18 bits per heavy atom. The van der Waals surface area contributed by atoms with Crippen LogP contribution >= 0.6 is 0 Å². The molecule has 6 heteroatoms. The summed E-state index contributed by atoms with van der Waals surface area (Å²) in [5, 5.41) is 0. The van der Waals surface area contributed by atoms with Gasteiger partial charge in [0.25, 0.3) is 10.0 Å². The summed E-state index contributed by atoms with van der Waals surface area (Å²) < 4.78 is 26.2. The molecule has 0 aliphatic rings. The zero-order valence-electron chi connectivity index (χ0n) is 9.16. The molecule has 0 saturated carbocycles. The molecule has 0 aromatic carbocycles. The van der Waals surface area contributed by atoms with Crippen molar-refractivity contribution in [3.63, 3.8) is 0 Å². The summed E-state index contributed by atoms with van der Waals surface area (Å²) >= 11 is 0. The van der Waals surface area contributed by atoms with Crippen LogP contribution in [0.1, 0.15) is 5.69 Å². The minimum Gasteiger partial charge on any atom is -0.263 e. The first-order valence-corrected chi connectivity index (χ1v) is 6.43. The maximum Gasteiger partial charge on any atom is 0.264 e. The molecule has 0 bridgehead atoms. The van der Waals surface area contributed by atoms with E-state index in [1.807, 2.05) is 0 Å². The molecule has 88 valence electrons. The maximum atomic E-state index is 11.9. The second-order valence-electron chi connectivity index (χ2n) is 3.46. The Morgan fingerprint density at radius 3 is 2.65 bits per heavy atom. The average Bonchev–Trinajstić information content (AvgIpc) is 2.29. The summed E-state index contributed by atoms with van der Waals surface area (Å²) in [5.41, 5.74) is 0.747. The molecule has 2 aromatic heterocycles. The lowest BCUT2D eigenvalue weighted by molar-refractivity contribution is 0.600. The zero-order chi connectivity index (χ0) is 12.3. The number of nitrogens with one attached hydrogen (secondary N) is 1. The third-order valence-electron chi connectivity index (χ3n) is 2.07. The van der Waals surface area contributed by atoms with Gasteiger partial charge in [0.2, 0.25) is 0 Å². The molecule has 5 nitrogen and oxygen atoms in total. The van der Waals surface area contributed by atoms with Crippen molar-refractivity contribution in [1.29, 1.82) is 0 Å². The van der Waals surface area contributed by atoms with Gasteiger partial charge in [-0.3, -0.25) is 9.71 Å². The number of hydrogen-bond donors (Lipinski definition) is 1. The minimum absolute atomic E-state index is 0.114. The molecule has 0 atom stereocenters. The number of nitrogens with zero attached hydrogens (tertiary/aromatic N) is 2. The van der Waals surface area contributed by atoms with Crippen molar-refractivity contribution < 1.29 is 8.42 Å². The van der Waals surface area contributed by atoms with Gasteiger partial charge < -0.3 is 0 Å². The van der Waals surface area contributed by atoms with Gasteiger partial charge in [-0.1, -0.05) is 6.07 Å². The predicted molar refractivity (Wildman–Crippen MR) is 64.0 cm³/mol. The Kier molecular flexibility index (Phi) is 3.06. The Morgan fingerprint density at radius 2 is 2.00 bits per heavy atom. The van der Waals surface area contributed by atoms with Crippen LogP contribution in [0.5, 0.6) is 0 Å². The van der Waals surface area contributed by atoms with E-state index in [1.165, 1.54) is 18.5 Å². The fraction of sp³-hybridized carbons (Fsp3) is 0.0909. The third-order valence-corrected chi connectivity index (χ3v) is 3.41. The SMILES string of the molecule is Cc1cccc(NS(=O)(=O)c2cccnc2)n1. The number of aryl methyl sites for hydroxylation is 1. The van der Waals surface area contributed by atoms with Gasteiger partial charge in [-0.2, -0.15) is 0 Å². The predicted octanol–water partition coefficient (Wildman–Crippen LogP) is 1.59. The van der Waals surface area contributed by atoms with Gasteiger partial charge in [0.05, 0.1) is 0 Å². The number of rotatable bonds is 3. The first-order chi connectivity index (χ1) is 8.08. The molecular formula is C11H11N3O2S. The molecule has 0 amide bonds. The number of aromatic nitrogens is 2. The van der Waals surface area contributed by atoms with Crippen molar-refractivity contribution in [2.45, 2.75) is 11.8 Å². The van der Waals surface area contributed by atoms with Crippen molar-refractivity contribution >= 4 is 15.8 Å². The highest BCUT2D eigenvalue weighted by Crippen LogP contribution is 2.12. The quantitative estimate of drug-likeness (QED) is 0.896. The van der Waals surface area contributed by atoms with E-state index in [2.05, 4.69) is 14.7 Å². The first kappa shape index (κ1) is 11.5. The van der Waals surface area contributed by atoms with E-state index in [1.54, 1.807) is 31.2 Å². The maximum absolute atomic E-state index is 11.9. The van der Waals surface area contributed by atoms with Crippen LogP contribution in [0.4, 0.5) is 5.82 Å². The van der Waals surface area contributed by atoms with E-state index >= 15 is 0 Å². The van der Waals surface area contributed by atoms with E-state index in [4.69, 9.17) is 0 Å². The Hall–Kier alpha value is -1.95. The van der Waals surface area contributed by atoms with Gasteiger partial charge in [0, 0.05) is 18.1 Å². The second-order valence-corrected chi connectivity index (χ2v) is 5.14. The van der Waals surface area contributed by atoms with Gasteiger partial charge >= 0.3 is 0 Å². The molecule has 17 heavy (non-hydrogen) atoms. The normalized spacial score (nSPS) is 11.1. The molecule has 0 saturated heterocycles. The molecular weight excluding hydrogens is 238 g/mol. The summed E-state index contributed by atoms with van der Waals surface area (Å²) in [6, 6.07) is 8.18. The van der Waals surface area contributed by atoms with Crippen molar-refractivity contribution in [2.75, 3.05) is 4.72 Å². The summed E-state index contributed by atoms with van der Waals surface area (Å²) in [6.45, 7) is 1.79. The van der Waals surface area contributed by atoms with Crippen LogP contribution in [-0.4, -0.2) is 18.4 Å². The van der Waals surface area contributed by atoms with E-state index in [-0.39, 0.29) is 4.90 Å². The lowest BCUT2D eigenvalue weighted by Gasteiger charge is -2.06. The van der Waals surface area contributed by atoms with Gasteiger partial charge in [-0.05, 0) is 31.2 Å². The molecule has 2 rings (SSSR count). The van der Waals surface area contributed by atoms with Crippen LogP contribution in [0.15, 0.2) is 47.6 Å². The lowest BCUT2D eigenvalue weighted by atomic mass is 10.4. The van der Waals surface area contributed by atoms with Crippen LogP contribution in [0, 0.1) is 6.92 Å². The molecule has 1 N–H and O–H groups in total. The summed E-state index contributed by atoms with van der Waals surface area (Å²) in [4.78, 5) is 7.96. The van der Waals surface area contributed by atoms with Crippen molar-refractivity contribution in [1.82, 2.24) is 9.97 Å². The van der Waals surface area contributed by atoms with Crippen LogP contribution in [0.25, 0.3) is 0 Å². The van der Waals surface area contributed by atoms with Gasteiger partial charge in [0.1, 0.15) is 10.7 Å². The van der Waals surface area contributed by atoms with Crippen LogP contribution in [-0.2, 0) is 10.0 Å². The monoisotopic (exact) mass is 249 g/mol.